The fourth-order valence-electron chi connectivity index (χ4n) is 5.64. The highest BCUT2D eigenvalue weighted by Crippen LogP contribution is 2.33. The van der Waals surface area contributed by atoms with Crippen LogP contribution in [0.3, 0.4) is 0 Å². The first kappa shape index (κ1) is 27.5. The van der Waals surface area contributed by atoms with Crippen molar-refractivity contribution in [3.63, 3.8) is 0 Å². The Labute approximate surface area is 250 Å². The van der Waals surface area contributed by atoms with E-state index in [0.717, 1.165) is 54.4 Å². The highest BCUT2D eigenvalue weighted by atomic mass is 35.5. The van der Waals surface area contributed by atoms with Gasteiger partial charge in [0.25, 0.3) is 5.88 Å². The van der Waals surface area contributed by atoms with Gasteiger partial charge in [-0.2, -0.15) is 9.37 Å². The van der Waals surface area contributed by atoms with Gasteiger partial charge in [0.15, 0.2) is 17.2 Å². The van der Waals surface area contributed by atoms with Gasteiger partial charge in [0, 0.05) is 24.0 Å². The molecule has 0 spiro atoms. The predicted octanol–water partition coefficient (Wildman–Crippen LogP) is 6.25. The van der Waals surface area contributed by atoms with Crippen LogP contribution in [-0.4, -0.2) is 48.3 Å². The molecule has 1 aliphatic carbocycles. The molecule has 7 rings (SSSR count). The summed E-state index contributed by atoms with van der Waals surface area (Å²) in [6.45, 7) is 1.37. The van der Waals surface area contributed by atoms with Crippen molar-refractivity contribution in [1.82, 2.24) is 24.5 Å². The number of hydrogen-bond donors (Lipinski definition) is 1. The lowest BCUT2D eigenvalue weighted by Gasteiger charge is -2.28. The van der Waals surface area contributed by atoms with Crippen LogP contribution in [0.4, 0.5) is 4.39 Å². The predicted molar refractivity (Wildman–Crippen MR) is 155 cm³/mol. The van der Waals surface area contributed by atoms with Crippen LogP contribution in [0.25, 0.3) is 27.7 Å². The van der Waals surface area contributed by atoms with Crippen LogP contribution in [-0.2, 0) is 24.3 Å². The number of allylic oxidation sites excluding steroid dienone is 2. The standard InChI is InChI=1S/C31H27ClFN5O5/c32-22-6-5-19(27-21(22)10-12-42-27)16-43-30-23(33)14-34-28(37-30)18-3-1-17(2-4-18)13-26-35-24-7-8-25(31(39)40)36-29(24)38(26)15-20-9-11-41-20/h3,5-8,10,12,14,17,20H,1-2,4,9,11,13,15-16H2,(H,39,40)/t17?,20-/m0/s1. The van der Waals surface area contributed by atoms with Crippen LogP contribution in [0.2, 0.25) is 5.02 Å². The summed E-state index contributed by atoms with van der Waals surface area (Å²) in [7, 11) is 0. The van der Waals surface area contributed by atoms with Crippen molar-refractivity contribution in [2.45, 2.75) is 51.4 Å². The second kappa shape index (κ2) is 11.4. The molecular weight excluding hydrogens is 577 g/mol. The van der Waals surface area contributed by atoms with E-state index in [9.17, 15) is 14.3 Å². The molecule has 12 heteroatoms. The lowest BCUT2D eigenvalue weighted by Crippen LogP contribution is -2.32. The van der Waals surface area contributed by atoms with E-state index in [1.54, 1.807) is 30.5 Å². The number of carboxylic acids is 1. The van der Waals surface area contributed by atoms with Crippen molar-refractivity contribution in [3.8, 4) is 5.88 Å². The zero-order chi connectivity index (χ0) is 29.5. The van der Waals surface area contributed by atoms with Crippen LogP contribution in [0.15, 0.2) is 53.3 Å². The molecule has 4 aromatic heterocycles. The number of benzene rings is 1. The maximum atomic E-state index is 14.6. The molecule has 5 aromatic rings. The lowest BCUT2D eigenvalue weighted by atomic mass is 9.87. The van der Waals surface area contributed by atoms with Crippen LogP contribution in [0.1, 0.15) is 53.4 Å². The molecule has 0 saturated carbocycles. The number of pyridine rings is 1. The van der Waals surface area contributed by atoms with Gasteiger partial charge in [-0.15, -0.1) is 0 Å². The summed E-state index contributed by atoms with van der Waals surface area (Å²) >= 11 is 6.23. The first-order valence-corrected chi connectivity index (χ1v) is 14.5. The van der Waals surface area contributed by atoms with Crippen molar-refractivity contribution in [2.24, 2.45) is 5.92 Å². The third-order valence-corrected chi connectivity index (χ3v) is 8.40. The van der Waals surface area contributed by atoms with Gasteiger partial charge in [0.1, 0.15) is 23.5 Å². The van der Waals surface area contributed by atoms with E-state index in [1.807, 2.05) is 4.57 Å². The first-order chi connectivity index (χ1) is 20.9. The summed E-state index contributed by atoms with van der Waals surface area (Å²) in [5.74, 6) is -0.230. The number of carbonyl (C=O) groups is 1. The normalized spacial score (nSPS) is 18.5. The molecule has 10 nitrogen and oxygen atoms in total. The van der Waals surface area contributed by atoms with E-state index in [1.165, 1.54) is 6.07 Å². The number of aromatic nitrogens is 5. The average Bonchev–Trinajstić information content (AvgIpc) is 3.61. The summed E-state index contributed by atoms with van der Waals surface area (Å²) in [6.07, 6.45) is 8.86. The van der Waals surface area contributed by atoms with E-state index in [0.29, 0.717) is 52.9 Å². The van der Waals surface area contributed by atoms with Gasteiger partial charge in [-0.3, -0.25) is 0 Å². The Balaban J connectivity index is 1.07. The molecule has 1 saturated heterocycles. The Hall–Kier alpha value is -4.35. The van der Waals surface area contributed by atoms with Gasteiger partial charge in [-0.1, -0.05) is 23.7 Å². The molecule has 220 valence electrons. The van der Waals surface area contributed by atoms with Gasteiger partial charge >= 0.3 is 5.97 Å². The molecule has 2 atom stereocenters. The van der Waals surface area contributed by atoms with Crippen molar-refractivity contribution in [1.29, 1.82) is 0 Å². The number of nitrogens with zero attached hydrogens (tertiary/aromatic N) is 5. The minimum atomic E-state index is -1.07. The van der Waals surface area contributed by atoms with Crippen molar-refractivity contribution < 1.29 is 28.2 Å². The minimum Gasteiger partial charge on any atom is -0.477 e. The summed E-state index contributed by atoms with van der Waals surface area (Å²) in [6, 6.07) is 8.50. The third kappa shape index (κ3) is 5.46. The van der Waals surface area contributed by atoms with E-state index in [-0.39, 0.29) is 24.3 Å². The number of furan rings is 1. The molecule has 0 amide bonds. The number of imidazole rings is 1. The molecule has 43 heavy (non-hydrogen) atoms. The third-order valence-electron chi connectivity index (χ3n) is 8.07. The molecule has 0 bridgehead atoms. The van der Waals surface area contributed by atoms with Crippen molar-refractivity contribution in [2.75, 3.05) is 6.61 Å². The van der Waals surface area contributed by atoms with E-state index in [4.69, 9.17) is 30.5 Å². The SMILES string of the molecule is O=C(O)c1ccc2nc(CC3CC=C(c4ncc(F)c(OCc5ccc(Cl)c6ccoc56)n4)CC3)n(C[C@@H]3CCO3)c2n1. The molecule has 1 aromatic carbocycles. The number of fused-ring (bicyclic) bond motifs is 2. The first-order valence-electron chi connectivity index (χ1n) is 14.1. The summed E-state index contributed by atoms with van der Waals surface area (Å²) in [5, 5.41) is 10.8. The largest absolute Gasteiger partial charge is 0.477 e. The quantitative estimate of drug-likeness (QED) is 0.208. The molecular formula is C31H27ClFN5O5. The van der Waals surface area contributed by atoms with Gasteiger partial charge < -0.3 is 23.6 Å². The second-order valence-corrected chi connectivity index (χ2v) is 11.3. The highest BCUT2D eigenvalue weighted by Gasteiger charge is 2.26. The molecule has 5 heterocycles. The van der Waals surface area contributed by atoms with Gasteiger partial charge in [0.05, 0.1) is 30.1 Å². The Bertz CT molecular complexity index is 1880. The van der Waals surface area contributed by atoms with Crippen LogP contribution >= 0.6 is 11.6 Å². The summed E-state index contributed by atoms with van der Waals surface area (Å²) < 4.78 is 33.6. The summed E-state index contributed by atoms with van der Waals surface area (Å²) in [5.41, 5.74) is 3.49. The Morgan fingerprint density at radius 1 is 1.16 bits per heavy atom. The number of hydrogen-bond acceptors (Lipinski definition) is 8. The van der Waals surface area contributed by atoms with Gasteiger partial charge in [-0.25, -0.2) is 19.7 Å². The number of ether oxygens (including phenoxy) is 2. The van der Waals surface area contributed by atoms with Gasteiger partial charge in [0.2, 0.25) is 5.82 Å². The van der Waals surface area contributed by atoms with Crippen LogP contribution in [0, 0.1) is 11.7 Å². The zero-order valence-electron chi connectivity index (χ0n) is 23.0. The number of rotatable bonds is 9. The topological polar surface area (TPSA) is 125 Å². The molecule has 1 aliphatic heterocycles. The Morgan fingerprint density at radius 2 is 2.05 bits per heavy atom. The van der Waals surface area contributed by atoms with Gasteiger partial charge in [-0.05, 0) is 61.4 Å². The monoisotopic (exact) mass is 603 g/mol. The van der Waals surface area contributed by atoms with E-state index < -0.39 is 11.8 Å². The minimum absolute atomic E-state index is 0.00923. The van der Waals surface area contributed by atoms with Crippen molar-refractivity contribution in [3.05, 3.63) is 82.6 Å². The van der Waals surface area contributed by atoms with E-state index >= 15 is 0 Å². The number of aromatic carboxylic acids is 1. The Kier molecular flexibility index (Phi) is 7.28. The molecule has 2 aliphatic rings. The number of halogens is 2. The molecule has 0 radical (unpaired) electrons. The maximum absolute atomic E-state index is 14.6. The van der Waals surface area contributed by atoms with Crippen LogP contribution < -0.4 is 4.74 Å². The van der Waals surface area contributed by atoms with Crippen molar-refractivity contribution >= 4 is 45.3 Å². The number of carboxylic acid groups (broad SMARTS) is 1. The highest BCUT2D eigenvalue weighted by molar-refractivity contribution is 6.35. The van der Waals surface area contributed by atoms with E-state index in [2.05, 4.69) is 21.0 Å². The second-order valence-electron chi connectivity index (χ2n) is 10.8. The maximum Gasteiger partial charge on any atom is 0.354 e. The average molecular weight is 604 g/mol. The fraction of sp³-hybridized carbons (Fsp3) is 0.323. The van der Waals surface area contributed by atoms with Crippen LogP contribution in [0.5, 0.6) is 5.88 Å². The lowest BCUT2D eigenvalue weighted by molar-refractivity contribution is -0.0591. The fourth-order valence-corrected chi connectivity index (χ4v) is 5.85. The smallest absolute Gasteiger partial charge is 0.354 e. The molecule has 1 unspecified atom stereocenters. The molecule has 1 N–H and O–H groups in total. The molecule has 1 fully saturated rings. The Morgan fingerprint density at radius 3 is 2.81 bits per heavy atom. The summed E-state index contributed by atoms with van der Waals surface area (Å²) in [4.78, 5) is 29.4. The zero-order valence-corrected chi connectivity index (χ0v) is 23.8.